The van der Waals surface area contributed by atoms with Gasteiger partial charge in [0.2, 0.25) is 0 Å². The number of pyridine rings is 4. The number of carbonyl (C=O) groups excluding carboxylic acids is 2. The van der Waals surface area contributed by atoms with E-state index < -0.39 is 5.54 Å². The summed E-state index contributed by atoms with van der Waals surface area (Å²) in [5, 5.41) is 3.33. The number of benzene rings is 1. The molecule has 5 fully saturated rings. The minimum Gasteiger partial charge on any atom is -0.492 e. The molecule has 1 saturated carbocycles. The number of nitrogens with zero attached hydrogens (tertiary/aromatic N) is 10. The molecule has 4 aliphatic heterocycles. The van der Waals surface area contributed by atoms with Crippen LogP contribution in [0.5, 0.6) is 5.75 Å². The maximum atomic E-state index is 13.8. The number of H-pyrrole nitrogens is 1. The molecule has 1 aromatic carbocycles. The van der Waals surface area contributed by atoms with Gasteiger partial charge in [-0.3, -0.25) is 29.2 Å². The highest BCUT2D eigenvalue weighted by Crippen LogP contribution is 2.44. The Morgan fingerprint density at radius 2 is 1.60 bits per heavy atom. The monoisotopic (exact) mass is 922 g/mol. The lowest BCUT2D eigenvalue weighted by Gasteiger charge is -2.54. The van der Waals surface area contributed by atoms with E-state index in [9.17, 15) is 14.4 Å². The molecule has 17 heteroatoms. The van der Waals surface area contributed by atoms with E-state index in [2.05, 4.69) is 50.9 Å². The van der Waals surface area contributed by atoms with Crippen LogP contribution in [0.3, 0.4) is 0 Å². The number of likely N-dealkylation sites (N-methyl/N-ethyl adjacent to an activating group) is 1. The molecule has 356 valence electrons. The van der Waals surface area contributed by atoms with Crippen molar-refractivity contribution in [3.05, 3.63) is 118 Å². The van der Waals surface area contributed by atoms with Gasteiger partial charge in [-0.2, -0.15) is 0 Å². The van der Waals surface area contributed by atoms with Crippen molar-refractivity contribution in [1.29, 1.82) is 0 Å². The van der Waals surface area contributed by atoms with Gasteiger partial charge in [-0.15, -0.1) is 0 Å². The average Bonchev–Trinajstić information content (AvgIpc) is 3.76. The number of amides is 2. The molecule has 5 aromatic heterocycles. The largest absolute Gasteiger partial charge is 0.492 e. The van der Waals surface area contributed by atoms with Gasteiger partial charge in [0, 0.05) is 89.3 Å². The van der Waals surface area contributed by atoms with Crippen LogP contribution in [0, 0.1) is 0 Å². The molecule has 6 aromatic rings. The van der Waals surface area contributed by atoms with Crippen molar-refractivity contribution in [2.24, 2.45) is 0 Å². The lowest BCUT2D eigenvalue weighted by Crippen LogP contribution is -2.66. The summed E-state index contributed by atoms with van der Waals surface area (Å²) in [6.07, 6.45) is 9.61. The van der Waals surface area contributed by atoms with Gasteiger partial charge in [0.1, 0.15) is 29.3 Å². The SMILES string of the molecule is CCc1cc2ncc(CN3CCN(c4ccc(C(=O)NC56CCC(CN7CCN(C(=O)c8ccc9ncn(Cc%10ccccc%10OCCN(C)C)c9n8)CC7)(CC5)OC6)nc4)CC3)cc2[nH]c1=O. The number of imidazole rings is 1. The fraction of sp³-hybridized carbons (Fsp3) is 0.471. The van der Waals surface area contributed by atoms with E-state index in [1.807, 2.05) is 91.4 Å². The first kappa shape index (κ1) is 45.5. The van der Waals surface area contributed by atoms with E-state index >= 15 is 0 Å². The van der Waals surface area contributed by atoms with Crippen LogP contribution >= 0.6 is 0 Å². The van der Waals surface area contributed by atoms with Gasteiger partial charge in [0.25, 0.3) is 17.4 Å². The summed E-state index contributed by atoms with van der Waals surface area (Å²) in [5.74, 6) is 0.593. The number of hydrogen-bond acceptors (Lipinski definition) is 13. The molecule has 2 bridgehead atoms. The highest BCUT2D eigenvalue weighted by atomic mass is 16.5. The van der Waals surface area contributed by atoms with E-state index in [0.29, 0.717) is 56.3 Å². The first-order valence-corrected chi connectivity index (χ1v) is 24.1. The summed E-state index contributed by atoms with van der Waals surface area (Å²) < 4.78 is 14.7. The van der Waals surface area contributed by atoms with Crippen molar-refractivity contribution < 1.29 is 19.1 Å². The number of anilines is 1. The molecular weight excluding hydrogens is 861 g/mol. The third kappa shape index (κ3) is 9.84. The number of aromatic amines is 1. The number of nitrogens with one attached hydrogen (secondary N) is 2. The second kappa shape index (κ2) is 19.4. The van der Waals surface area contributed by atoms with Crippen LogP contribution in [0.25, 0.3) is 22.2 Å². The van der Waals surface area contributed by atoms with Gasteiger partial charge in [-0.25, -0.2) is 15.0 Å². The highest BCUT2D eigenvalue weighted by molar-refractivity contribution is 5.94. The minimum absolute atomic E-state index is 0.0473. The molecule has 0 radical (unpaired) electrons. The lowest BCUT2D eigenvalue weighted by atomic mass is 9.70. The van der Waals surface area contributed by atoms with Crippen LogP contribution in [0.1, 0.15) is 70.3 Å². The van der Waals surface area contributed by atoms with Gasteiger partial charge in [0.05, 0.1) is 53.5 Å². The zero-order chi connectivity index (χ0) is 46.8. The lowest BCUT2D eigenvalue weighted by molar-refractivity contribution is -0.170. The Morgan fingerprint density at radius 1 is 0.824 bits per heavy atom. The van der Waals surface area contributed by atoms with Crippen molar-refractivity contribution >= 4 is 39.7 Å². The summed E-state index contributed by atoms with van der Waals surface area (Å²) in [6.45, 7) is 12.1. The van der Waals surface area contributed by atoms with Crippen molar-refractivity contribution in [3.63, 3.8) is 0 Å². The van der Waals surface area contributed by atoms with Gasteiger partial charge in [-0.1, -0.05) is 25.1 Å². The third-order valence-corrected chi connectivity index (χ3v) is 14.4. The number of fused-ring (bicyclic) bond motifs is 5. The predicted molar refractivity (Wildman–Crippen MR) is 260 cm³/mol. The Hall–Kier alpha value is -6.27. The fourth-order valence-corrected chi connectivity index (χ4v) is 10.2. The Balaban J connectivity index is 0.671. The van der Waals surface area contributed by atoms with Gasteiger partial charge in [0.15, 0.2) is 5.65 Å². The van der Waals surface area contributed by atoms with Crippen LogP contribution < -0.4 is 20.5 Å². The summed E-state index contributed by atoms with van der Waals surface area (Å²) >= 11 is 0. The molecule has 2 N–H and O–H groups in total. The smallest absolute Gasteiger partial charge is 0.272 e. The van der Waals surface area contributed by atoms with Crippen molar-refractivity contribution in [2.45, 2.75) is 63.3 Å². The molecule has 0 spiro atoms. The van der Waals surface area contributed by atoms with Crippen LogP contribution in [-0.2, 0) is 24.2 Å². The number of piperazine rings is 2. The number of hydrogen-bond donors (Lipinski definition) is 2. The Bertz CT molecular complexity index is 2800. The average molecular weight is 923 g/mol. The van der Waals surface area contributed by atoms with Crippen LogP contribution in [0.15, 0.2) is 84.2 Å². The van der Waals surface area contributed by atoms with Crippen molar-refractivity contribution in [1.82, 2.24) is 54.4 Å². The number of ether oxygens (including phenoxy) is 2. The molecule has 5 aliphatic rings. The minimum atomic E-state index is -0.401. The maximum absolute atomic E-state index is 13.8. The molecule has 9 heterocycles. The molecule has 1 aliphatic carbocycles. The van der Waals surface area contributed by atoms with E-state index in [1.165, 1.54) is 0 Å². The van der Waals surface area contributed by atoms with Crippen molar-refractivity contribution in [3.8, 4) is 5.75 Å². The van der Waals surface area contributed by atoms with Gasteiger partial charge < -0.3 is 39.0 Å². The molecule has 68 heavy (non-hydrogen) atoms. The number of aryl methyl sites for hydroxylation is 1. The van der Waals surface area contributed by atoms with Gasteiger partial charge >= 0.3 is 0 Å². The second-order valence-corrected chi connectivity index (χ2v) is 19.4. The number of para-hydroxylation sites is 1. The standard InChI is InChI=1S/C51H62N12O5/c1-4-37-28-43-44(56-47(37)64)27-36(29-52-43)31-59-17-21-61(22-18-59)39-9-10-41(53-30-39)48(65)57-50-13-15-51(16-14-50,68-34-50)33-60-19-23-62(24-20-60)49(66)42-12-11-40-46(55-42)63(35-54-40)32-38-7-5-6-8-45(38)67-26-25-58(2)3/h5-12,27-30,35H,4,13-26,31-34H2,1-3H3,(H,56,64)(H,57,65). The first-order valence-electron chi connectivity index (χ1n) is 24.1. The van der Waals surface area contributed by atoms with Crippen molar-refractivity contribution in [2.75, 3.05) is 97.7 Å². The number of aromatic nitrogens is 6. The quantitative estimate of drug-likeness (QED) is 0.151. The Labute approximate surface area is 396 Å². The van der Waals surface area contributed by atoms with Gasteiger partial charge in [-0.05, 0) is 94.2 Å². The summed E-state index contributed by atoms with van der Waals surface area (Å²) in [7, 11) is 4.05. The zero-order valence-corrected chi connectivity index (χ0v) is 39.5. The summed E-state index contributed by atoms with van der Waals surface area (Å²) in [4.78, 5) is 72.5. The van der Waals surface area contributed by atoms with Crippen LogP contribution in [-0.4, -0.2) is 165 Å². The molecule has 11 rings (SSSR count). The number of carbonyl (C=O) groups is 2. The summed E-state index contributed by atoms with van der Waals surface area (Å²) in [5.41, 5.74) is 6.97. The third-order valence-electron chi connectivity index (χ3n) is 14.4. The van der Waals surface area contributed by atoms with E-state index in [1.54, 1.807) is 12.4 Å². The predicted octanol–water partition coefficient (Wildman–Crippen LogP) is 4.21. The van der Waals surface area contributed by atoms with Crippen LogP contribution in [0.2, 0.25) is 0 Å². The summed E-state index contributed by atoms with van der Waals surface area (Å²) in [6, 6.07) is 19.4. The second-order valence-electron chi connectivity index (χ2n) is 19.4. The van der Waals surface area contributed by atoms with E-state index in [4.69, 9.17) is 14.5 Å². The first-order chi connectivity index (χ1) is 33.0. The normalized spacial score (nSPS) is 21.2. The zero-order valence-electron chi connectivity index (χ0n) is 39.5. The molecule has 2 amide bonds. The molecule has 17 nitrogen and oxygen atoms in total. The number of rotatable bonds is 15. The molecule has 0 atom stereocenters. The van der Waals surface area contributed by atoms with Crippen LogP contribution in [0.4, 0.5) is 5.69 Å². The molecular formula is C51H62N12O5. The molecule has 0 unspecified atom stereocenters. The Morgan fingerprint density at radius 3 is 2.34 bits per heavy atom. The van der Waals surface area contributed by atoms with E-state index in [0.717, 1.165) is 129 Å². The maximum Gasteiger partial charge on any atom is 0.272 e. The highest BCUT2D eigenvalue weighted by Gasteiger charge is 2.51. The van der Waals surface area contributed by atoms with E-state index in [-0.39, 0.29) is 23.0 Å². The molecule has 4 saturated heterocycles. The Kier molecular flexibility index (Phi) is 13.0. The fourth-order valence-electron chi connectivity index (χ4n) is 10.2. The topological polar surface area (TPSA) is 170 Å².